The first-order valence-corrected chi connectivity index (χ1v) is 5.80. The van der Waals surface area contributed by atoms with Crippen LogP contribution in [0.3, 0.4) is 0 Å². The Balaban J connectivity index is 0. The lowest BCUT2D eigenvalue weighted by molar-refractivity contribution is -0.121. The summed E-state index contributed by atoms with van der Waals surface area (Å²) in [6.45, 7) is 2.53. The molecule has 1 aromatic heterocycles. The van der Waals surface area contributed by atoms with Crippen LogP contribution in [0.2, 0.25) is 0 Å². The molecule has 1 rings (SSSR count). The average Bonchev–Trinajstić information content (AvgIpc) is 2.34. The van der Waals surface area contributed by atoms with Gasteiger partial charge in [-0.05, 0) is 19.1 Å². The SMILES string of the molecule is CC(N)CC(=O)NCCNC(=O)c1cccnc1.Cl.Cl. The van der Waals surface area contributed by atoms with Crippen molar-refractivity contribution in [2.75, 3.05) is 13.1 Å². The van der Waals surface area contributed by atoms with Crippen LogP contribution in [-0.2, 0) is 4.79 Å². The number of rotatable bonds is 6. The third-order valence-corrected chi connectivity index (χ3v) is 2.16. The molecule has 1 atom stereocenters. The highest BCUT2D eigenvalue weighted by atomic mass is 35.5. The lowest BCUT2D eigenvalue weighted by atomic mass is 10.2. The van der Waals surface area contributed by atoms with Gasteiger partial charge in [0.05, 0.1) is 5.56 Å². The highest BCUT2D eigenvalue weighted by Gasteiger charge is 2.05. The number of halogens is 2. The number of hydrogen-bond donors (Lipinski definition) is 3. The molecule has 0 aliphatic heterocycles. The Morgan fingerprint density at radius 1 is 1.30 bits per heavy atom. The highest BCUT2D eigenvalue weighted by Crippen LogP contribution is 1.94. The van der Waals surface area contributed by atoms with Gasteiger partial charge in [-0.25, -0.2) is 0 Å². The zero-order chi connectivity index (χ0) is 13.4. The number of pyridine rings is 1. The van der Waals surface area contributed by atoms with Crippen LogP contribution in [0.25, 0.3) is 0 Å². The van der Waals surface area contributed by atoms with Gasteiger partial charge in [-0.3, -0.25) is 14.6 Å². The van der Waals surface area contributed by atoms with Crippen molar-refractivity contribution in [1.29, 1.82) is 0 Å². The Kier molecular flexibility index (Phi) is 12.0. The van der Waals surface area contributed by atoms with E-state index in [0.717, 1.165) is 0 Å². The molecule has 20 heavy (non-hydrogen) atoms. The van der Waals surface area contributed by atoms with Crippen molar-refractivity contribution < 1.29 is 9.59 Å². The molecule has 0 fully saturated rings. The molecule has 4 N–H and O–H groups in total. The van der Waals surface area contributed by atoms with E-state index in [1.807, 2.05) is 0 Å². The Morgan fingerprint density at radius 3 is 2.50 bits per heavy atom. The van der Waals surface area contributed by atoms with E-state index in [9.17, 15) is 9.59 Å². The summed E-state index contributed by atoms with van der Waals surface area (Å²) in [6, 6.07) is 3.21. The monoisotopic (exact) mass is 322 g/mol. The smallest absolute Gasteiger partial charge is 0.252 e. The molecule has 1 unspecified atom stereocenters. The number of nitrogens with zero attached hydrogens (tertiary/aromatic N) is 1. The number of aromatic nitrogens is 1. The maximum Gasteiger partial charge on any atom is 0.252 e. The van der Waals surface area contributed by atoms with Crippen LogP contribution < -0.4 is 16.4 Å². The Bertz CT molecular complexity index is 402. The van der Waals surface area contributed by atoms with Crippen molar-refractivity contribution in [3.05, 3.63) is 30.1 Å². The van der Waals surface area contributed by atoms with E-state index in [0.29, 0.717) is 18.7 Å². The van der Waals surface area contributed by atoms with Gasteiger partial charge in [0.15, 0.2) is 0 Å². The fraction of sp³-hybridized carbons (Fsp3) is 0.417. The van der Waals surface area contributed by atoms with Crippen LogP contribution in [0.15, 0.2) is 24.5 Å². The molecule has 0 radical (unpaired) electrons. The summed E-state index contributed by atoms with van der Waals surface area (Å²) in [4.78, 5) is 26.7. The van der Waals surface area contributed by atoms with E-state index in [1.165, 1.54) is 6.20 Å². The molecular weight excluding hydrogens is 303 g/mol. The van der Waals surface area contributed by atoms with Gasteiger partial charge in [-0.2, -0.15) is 0 Å². The maximum atomic E-state index is 11.6. The fourth-order valence-electron chi connectivity index (χ4n) is 1.34. The minimum atomic E-state index is -0.204. The van der Waals surface area contributed by atoms with Crippen LogP contribution in [0.5, 0.6) is 0 Å². The first-order valence-electron chi connectivity index (χ1n) is 5.80. The largest absolute Gasteiger partial charge is 0.354 e. The molecular formula is C12H20Cl2N4O2. The molecule has 1 heterocycles. The van der Waals surface area contributed by atoms with Gasteiger partial charge in [0.2, 0.25) is 5.91 Å². The number of nitrogens with one attached hydrogen (secondary N) is 2. The molecule has 0 spiro atoms. The van der Waals surface area contributed by atoms with Crippen molar-refractivity contribution in [3.63, 3.8) is 0 Å². The molecule has 8 heteroatoms. The molecule has 0 bridgehead atoms. The molecule has 2 amide bonds. The van der Waals surface area contributed by atoms with Gasteiger partial charge < -0.3 is 16.4 Å². The second-order valence-electron chi connectivity index (χ2n) is 4.03. The predicted molar refractivity (Wildman–Crippen MR) is 82.3 cm³/mol. The summed E-state index contributed by atoms with van der Waals surface area (Å²) >= 11 is 0. The fourth-order valence-corrected chi connectivity index (χ4v) is 1.34. The molecule has 0 saturated heterocycles. The summed E-state index contributed by atoms with van der Waals surface area (Å²) in [7, 11) is 0. The van der Waals surface area contributed by atoms with Gasteiger partial charge in [-0.1, -0.05) is 0 Å². The van der Waals surface area contributed by atoms with Gasteiger partial charge in [0.1, 0.15) is 0 Å². The zero-order valence-electron chi connectivity index (χ0n) is 11.2. The number of carbonyl (C=O) groups is 2. The van der Waals surface area contributed by atoms with Crippen LogP contribution in [0, 0.1) is 0 Å². The van der Waals surface area contributed by atoms with Crippen LogP contribution in [0.4, 0.5) is 0 Å². The van der Waals surface area contributed by atoms with Crippen LogP contribution >= 0.6 is 24.8 Å². The third kappa shape index (κ3) is 8.68. The van der Waals surface area contributed by atoms with Crippen LogP contribution in [0.1, 0.15) is 23.7 Å². The van der Waals surface area contributed by atoms with E-state index < -0.39 is 0 Å². The standard InChI is InChI=1S/C12H18N4O2.2ClH/c1-9(13)7-11(17)15-5-6-16-12(18)10-3-2-4-14-8-10;;/h2-4,8-9H,5-7,13H2,1H3,(H,15,17)(H,16,18);2*1H. The van der Waals surface area contributed by atoms with Crippen molar-refractivity contribution in [3.8, 4) is 0 Å². The third-order valence-electron chi connectivity index (χ3n) is 2.16. The number of carbonyl (C=O) groups excluding carboxylic acids is 2. The second-order valence-corrected chi connectivity index (χ2v) is 4.03. The first-order chi connectivity index (χ1) is 8.59. The number of nitrogens with two attached hydrogens (primary N) is 1. The quantitative estimate of drug-likeness (QED) is 0.665. The first kappa shape index (κ1) is 20.9. The van der Waals surface area contributed by atoms with Gasteiger partial charge in [0, 0.05) is 37.9 Å². The minimum absolute atomic E-state index is 0. The summed E-state index contributed by atoms with van der Waals surface area (Å²) in [6.07, 6.45) is 3.38. The van der Waals surface area contributed by atoms with E-state index in [1.54, 1.807) is 25.3 Å². The summed E-state index contributed by atoms with van der Waals surface area (Å²) in [5, 5.41) is 5.35. The van der Waals surface area contributed by atoms with Crippen molar-refractivity contribution in [2.24, 2.45) is 5.73 Å². The maximum absolute atomic E-state index is 11.6. The van der Waals surface area contributed by atoms with Crippen molar-refractivity contribution in [1.82, 2.24) is 15.6 Å². The van der Waals surface area contributed by atoms with Gasteiger partial charge in [-0.15, -0.1) is 24.8 Å². The highest BCUT2D eigenvalue weighted by molar-refractivity contribution is 5.93. The average molecular weight is 323 g/mol. The lowest BCUT2D eigenvalue weighted by Gasteiger charge is -2.08. The summed E-state index contributed by atoms with van der Waals surface area (Å²) < 4.78 is 0. The van der Waals surface area contributed by atoms with E-state index in [4.69, 9.17) is 5.73 Å². The van der Waals surface area contributed by atoms with Crippen molar-refractivity contribution in [2.45, 2.75) is 19.4 Å². The molecule has 114 valence electrons. The Morgan fingerprint density at radius 2 is 1.95 bits per heavy atom. The van der Waals surface area contributed by atoms with E-state index >= 15 is 0 Å². The topological polar surface area (TPSA) is 97.1 Å². The molecule has 6 nitrogen and oxygen atoms in total. The normalized spacial score (nSPS) is 10.5. The molecule has 1 aromatic rings. The Hall–Kier alpha value is -1.37. The minimum Gasteiger partial charge on any atom is -0.354 e. The lowest BCUT2D eigenvalue weighted by Crippen LogP contribution is -2.36. The summed E-state index contributed by atoms with van der Waals surface area (Å²) in [5.41, 5.74) is 5.98. The zero-order valence-corrected chi connectivity index (χ0v) is 12.8. The Labute approximate surface area is 130 Å². The van der Waals surface area contributed by atoms with E-state index in [-0.39, 0.29) is 49.1 Å². The predicted octanol–water partition coefficient (Wildman–Crippen LogP) is 0.508. The van der Waals surface area contributed by atoms with E-state index in [2.05, 4.69) is 15.6 Å². The number of hydrogen-bond acceptors (Lipinski definition) is 4. The van der Waals surface area contributed by atoms with Gasteiger partial charge in [0.25, 0.3) is 5.91 Å². The summed E-state index contributed by atoms with van der Waals surface area (Å²) in [5.74, 6) is -0.315. The van der Waals surface area contributed by atoms with Gasteiger partial charge >= 0.3 is 0 Å². The molecule has 0 saturated carbocycles. The molecule has 0 aliphatic carbocycles. The van der Waals surface area contributed by atoms with Crippen molar-refractivity contribution >= 4 is 36.6 Å². The van der Waals surface area contributed by atoms with Crippen LogP contribution in [-0.4, -0.2) is 35.9 Å². The second kappa shape index (κ2) is 11.5. The molecule has 0 aromatic carbocycles. The number of amides is 2. The molecule has 0 aliphatic rings.